The van der Waals surface area contributed by atoms with Crippen molar-refractivity contribution in [2.24, 2.45) is 0 Å². The van der Waals surface area contributed by atoms with Crippen molar-refractivity contribution in [3.05, 3.63) is 0 Å². The summed E-state index contributed by atoms with van der Waals surface area (Å²) in [7, 11) is 1.00. The van der Waals surface area contributed by atoms with Crippen LogP contribution >= 0.6 is 0 Å². The third kappa shape index (κ3) is 180. The molecule has 0 aromatic carbocycles. The van der Waals surface area contributed by atoms with Crippen LogP contribution in [0.4, 0.5) is 0 Å². The van der Waals surface area contributed by atoms with E-state index in [1.807, 2.05) is 27.7 Å². The number of aliphatic hydroxyl groups excluding tert-OH is 2. The highest BCUT2D eigenvalue weighted by Gasteiger charge is 1.94. The zero-order chi connectivity index (χ0) is 14.1. The van der Waals surface area contributed by atoms with Crippen LogP contribution in [0, 0.1) is 11.3 Å². The fourth-order valence-corrected chi connectivity index (χ4v) is 0.544. The van der Waals surface area contributed by atoms with E-state index in [-0.39, 0.29) is 6.10 Å². The SMILES string of the molecule is CC#N.CC(C)O.CC(C)OC(C)C.CO. The molecule has 0 bridgehead atoms. The fraction of sp³-hybridized carbons (Fsp3) is 0.917. The predicted octanol–water partition coefficient (Wildman–Crippen LogP) is 2.35. The third-order valence-electron chi connectivity index (χ3n) is 0.544. The molecule has 0 aromatic heterocycles. The summed E-state index contributed by atoms with van der Waals surface area (Å²) in [5, 5.41) is 22.4. The predicted molar refractivity (Wildman–Crippen MR) is 68.1 cm³/mol. The first-order chi connectivity index (χ1) is 7.27. The van der Waals surface area contributed by atoms with Crippen LogP contribution in [0.15, 0.2) is 0 Å². The number of hydrogen-bond acceptors (Lipinski definition) is 4. The Bertz CT molecular complexity index is 120. The second kappa shape index (κ2) is 23.9. The lowest BCUT2D eigenvalue weighted by Gasteiger charge is -2.09. The van der Waals surface area contributed by atoms with Crippen LogP contribution in [0.2, 0.25) is 0 Å². The van der Waals surface area contributed by atoms with Gasteiger partial charge in [-0.15, -0.1) is 0 Å². The van der Waals surface area contributed by atoms with Crippen LogP contribution in [0.3, 0.4) is 0 Å². The quantitative estimate of drug-likeness (QED) is 0.770. The van der Waals surface area contributed by atoms with Crippen LogP contribution in [-0.4, -0.2) is 35.6 Å². The first-order valence-corrected chi connectivity index (χ1v) is 5.36. The van der Waals surface area contributed by atoms with Gasteiger partial charge in [0.1, 0.15) is 0 Å². The largest absolute Gasteiger partial charge is 0.400 e. The lowest BCUT2D eigenvalue weighted by Crippen LogP contribution is -2.09. The fourth-order valence-electron chi connectivity index (χ4n) is 0.544. The molecular weight excluding hydrogens is 206 g/mol. The monoisotopic (exact) mass is 235 g/mol. The first kappa shape index (κ1) is 24.6. The number of ether oxygens (including phenoxy) is 1. The van der Waals surface area contributed by atoms with Crippen molar-refractivity contribution in [3.63, 3.8) is 0 Å². The van der Waals surface area contributed by atoms with Gasteiger partial charge in [-0.2, -0.15) is 5.26 Å². The molecule has 0 saturated heterocycles. The van der Waals surface area contributed by atoms with Gasteiger partial charge in [-0.25, -0.2) is 0 Å². The van der Waals surface area contributed by atoms with Crippen molar-refractivity contribution in [1.82, 2.24) is 0 Å². The van der Waals surface area contributed by atoms with Crippen molar-refractivity contribution < 1.29 is 14.9 Å². The molecule has 4 nitrogen and oxygen atoms in total. The molecule has 4 heteroatoms. The zero-order valence-electron chi connectivity index (χ0n) is 12.0. The standard InChI is InChI=1S/C6H14O.C3H8O.C2H3N.CH4O/c1-5(2)7-6(3)4;1-3(2)4;1-2-3;1-2/h5-6H,1-4H3;3-4H,1-2H3;1H3;2H,1H3. The number of nitrogens with zero attached hydrogens (tertiary/aromatic N) is 1. The van der Waals surface area contributed by atoms with Crippen molar-refractivity contribution in [3.8, 4) is 6.07 Å². The molecule has 0 aliphatic rings. The number of nitriles is 1. The molecule has 0 heterocycles. The van der Waals surface area contributed by atoms with Gasteiger partial charge in [-0.1, -0.05) is 0 Å². The Morgan fingerprint density at radius 1 is 0.938 bits per heavy atom. The normalized spacial score (nSPS) is 8.00. The average molecular weight is 235 g/mol. The van der Waals surface area contributed by atoms with Crippen molar-refractivity contribution in [2.45, 2.75) is 66.8 Å². The summed E-state index contributed by atoms with van der Waals surface area (Å²) in [5.41, 5.74) is 0. The molecule has 0 unspecified atom stereocenters. The molecule has 0 fully saturated rings. The molecule has 100 valence electrons. The maximum atomic E-state index is 8.06. The van der Waals surface area contributed by atoms with E-state index in [0.717, 1.165) is 7.11 Å². The van der Waals surface area contributed by atoms with E-state index in [9.17, 15) is 0 Å². The third-order valence-corrected chi connectivity index (χ3v) is 0.544. The van der Waals surface area contributed by atoms with E-state index < -0.39 is 0 Å². The van der Waals surface area contributed by atoms with Gasteiger partial charge in [0, 0.05) is 20.1 Å². The van der Waals surface area contributed by atoms with Crippen molar-refractivity contribution in [2.75, 3.05) is 7.11 Å². The van der Waals surface area contributed by atoms with Gasteiger partial charge >= 0.3 is 0 Å². The van der Waals surface area contributed by atoms with E-state index >= 15 is 0 Å². The maximum absolute atomic E-state index is 8.06. The molecule has 0 spiro atoms. The van der Waals surface area contributed by atoms with Crippen LogP contribution in [-0.2, 0) is 4.74 Å². The molecule has 0 saturated carbocycles. The van der Waals surface area contributed by atoms with Gasteiger partial charge in [-0.05, 0) is 41.5 Å². The van der Waals surface area contributed by atoms with Crippen LogP contribution in [0.1, 0.15) is 48.5 Å². The molecule has 0 rings (SSSR count). The minimum absolute atomic E-state index is 0.167. The Balaban J connectivity index is -0.0000000685. The molecule has 0 radical (unpaired) electrons. The number of aliphatic hydroxyl groups is 2. The summed E-state index contributed by atoms with van der Waals surface area (Å²) in [6.45, 7) is 13.0. The minimum atomic E-state index is -0.167. The van der Waals surface area contributed by atoms with E-state index in [2.05, 4.69) is 0 Å². The van der Waals surface area contributed by atoms with E-state index in [1.54, 1.807) is 19.9 Å². The van der Waals surface area contributed by atoms with Crippen LogP contribution < -0.4 is 0 Å². The summed E-state index contributed by atoms with van der Waals surface area (Å²) < 4.78 is 5.25. The lowest BCUT2D eigenvalue weighted by molar-refractivity contribution is 0.0300. The van der Waals surface area contributed by atoms with E-state index in [4.69, 9.17) is 20.2 Å². The molecule has 0 aromatic rings. The Labute approximate surface area is 101 Å². The number of hydrogen-bond donors (Lipinski definition) is 2. The Kier molecular flexibility index (Phi) is 36.7. The van der Waals surface area contributed by atoms with Crippen LogP contribution in [0.5, 0.6) is 0 Å². The lowest BCUT2D eigenvalue weighted by atomic mass is 10.4. The number of rotatable bonds is 2. The highest BCUT2D eigenvalue weighted by molar-refractivity contribution is 4.51. The summed E-state index contributed by atoms with van der Waals surface area (Å²) in [4.78, 5) is 0. The molecule has 16 heavy (non-hydrogen) atoms. The smallest absolute Gasteiger partial charge is 0.0587 e. The topological polar surface area (TPSA) is 73.5 Å². The first-order valence-electron chi connectivity index (χ1n) is 5.36. The Hall–Kier alpha value is -0.630. The summed E-state index contributed by atoms with van der Waals surface area (Å²) in [6, 6.07) is 1.75. The van der Waals surface area contributed by atoms with E-state index in [1.165, 1.54) is 6.92 Å². The van der Waals surface area contributed by atoms with E-state index in [0.29, 0.717) is 12.2 Å². The van der Waals surface area contributed by atoms with Gasteiger partial charge in [0.25, 0.3) is 0 Å². The summed E-state index contributed by atoms with van der Waals surface area (Å²) >= 11 is 0. The average Bonchev–Trinajstić information content (AvgIpc) is 2.05. The summed E-state index contributed by atoms with van der Waals surface area (Å²) in [6.07, 6.45) is 0.583. The molecular formula is C12H29NO3. The molecule has 0 aliphatic heterocycles. The van der Waals surface area contributed by atoms with Gasteiger partial charge in [-0.3, -0.25) is 0 Å². The Morgan fingerprint density at radius 2 is 1.06 bits per heavy atom. The summed E-state index contributed by atoms with van der Waals surface area (Å²) in [5.74, 6) is 0. The molecule has 2 N–H and O–H groups in total. The second-order valence-electron chi connectivity index (χ2n) is 3.55. The van der Waals surface area contributed by atoms with Gasteiger partial charge < -0.3 is 14.9 Å². The zero-order valence-corrected chi connectivity index (χ0v) is 12.0. The Morgan fingerprint density at radius 3 is 1.06 bits per heavy atom. The van der Waals surface area contributed by atoms with Gasteiger partial charge in [0.2, 0.25) is 0 Å². The van der Waals surface area contributed by atoms with Gasteiger partial charge in [0.05, 0.1) is 18.3 Å². The molecule has 0 amide bonds. The maximum Gasteiger partial charge on any atom is 0.0587 e. The highest BCUT2D eigenvalue weighted by Crippen LogP contribution is 1.93. The van der Waals surface area contributed by atoms with Crippen molar-refractivity contribution in [1.29, 1.82) is 5.26 Å². The minimum Gasteiger partial charge on any atom is -0.400 e. The molecule has 0 aliphatic carbocycles. The van der Waals surface area contributed by atoms with Crippen LogP contribution in [0.25, 0.3) is 0 Å². The highest BCUT2D eigenvalue weighted by atomic mass is 16.5. The molecule has 0 atom stereocenters. The van der Waals surface area contributed by atoms with Crippen molar-refractivity contribution >= 4 is 0 Å². The second-order valence-corrected chi connectivity index (χ2v) is 3.55. The van der Waals surface area contributed by atoms with Gasteiger partial charge in [0.15, 0.2) is 0 Å².